The molecule has 0 bridgehead atoms. The van der Waals surface area contributed by atoms with Crippen molar-refractivity contribution in [2.24, 2.45) is 0 Å². The predicted octanol–water partition coefficient (Wildman–Crippen LogP) is 5.86. The number of aryl methyl sites for hydroxylation is 1. The number of rotatable bonds is 5. The van der Waals surface area contributed by atoms with Crippen LogP contribution in [0, 0.1) is 6.92 Å². The molecule has 2 aromatic heterocycles. The summed E-state index contributed by atoms with van der Waals surface area (Å²) in [5.74, 6) is 2.72. The first-order valence-corrected chi connectivity index (χ1v) is 9.63. The minimum absolute atomic E-state index is 0.585. The summed E-state index contributed by atoms with van der Waals surface area (Å²) in [4.78, 5) is 7.60. The molecule has 0 aliphatic rings. The average Bonchev–Trinajstić information content (AvgIpc) is 3.23. The molecule has 5 rings (SSSR count). The normalized spacial score (nSPS) is 10.8. The first-order valence-electron chi connectivity index (χ1n) is 9.63. The van der Waals surface area contributed by atoms with Crippen molar-refractivity contribution in [2.75, 3.05) is 5.32 Å². The minimum Gasteiger partial charge on any atom is -0.457 e. The lowest BCUT2D eigenvalue weighted by Crippen LogP contribution is -1.92. The summed E-state index contributed by atoms with van der Waals surface area (Å²) < 4.78 is 6.15. The van der Waals surface area contributed by atoms with E-state index in [4.69, 9.17) is 4.74 Å². The number of benzene rings is 3. The number of nitrogens with one attached hydrogen (secondary N) is 2. The van der Waals surface area contributed by atoms with E-state index in [2.05, 4.69) is 44.5 Å². The number of nitrogens with zero attached hydrogens (tertiary/aromatic N) is 3. The van der Waals surface area contributed by atoms with Gasteiger partial charge in [0.15, 0.2) is 5.82 Å². The van der Waals surface area contributed by atoms with Gasteiger partial charge in [0.05, 0.1) is 5.52 Å². The molecule has 5 aromatic rings. The van der Waals surface area contributed by atoms with Gasteiger partial charge < -0.3 is 15.0 Å². The van der Waals surface area contributed by atoms with Crippen LogP contribution in [-0.2, 0) is 0 Å². The van der Waals surface area contributed by atoms with Crippen LogP contribution >= 0.6 is 0 Å². The topological polar surface area (TPSA) is 75.7 Å². The molecule has 6 heteroatoms. The summed E-state index contributed by atoms with van der Waals surface area (Å²) >= 11 is 0. The molecular formula is C24H19N5O. The average molecular weight is 393 g/mol. The van der Waals surface area contributed by atoms with E-state index in [1.807, 2.05) is 66.7 Å². The highest BCUT2D eigenvalue weighted by Gasteiger charge is 2.09. The van der Waals surface area contributed by atoms with Gasteiger partial charge in [-0.2, -0.15) is 0 Å². The molecule has 0 fully saturated rings. The SMILES string of the molecule is Cc1cccc(Nc2nnc(-c3cccc(Oc4ccnc5ccccc45)c3)[nH]2)c1. The van der Waals surface area contributed by atoms with Crippen molar-refractivity contribution >= 4 is 22.5 Å². The number of para-hydroxylation sites is 1. The summed E-state index contributed by atoms with van der Waals surface area (Å²) in [6.07, 6.45) is 1.75. The maximum absolute atomic E-state index is 6.15. The van der Waals surface area contributed by atoms with E-state index in [0.717, 1.165) is 27.9 Å². The Labute approximate surface area is 173 Å². The van der Waals surface area contributed by atoms with Gasteiger partial charge in [-0.1, -0.05) is 36.4 Å². The van der Waals surface area contributed by atoms with Gasteiger partial charge in [-0.15, -0.1) is 10.2 Å². The van der Waals surface area contributed by atoms with E-state index in [1.165, 1.54) is 5.56 Å². The quantitative estimate of drug-likeness (QED) is 0.391. The van der Waals surface area contributed by atoms with Gasteiger partial charge in [-0.3, -0.25) is 4.98 Å². The summed E-state index contributed by atoms with van der Waals surface area (Å²) in [5, 5.41) is 12.7. The Morgan fingerprint density at radius 3 is 2.70 bits per heavy atom. The molecule has 0 radical (unpaired) electrons. The number of hydrogen-bond acceptors (Lipinski definition) is 5. The van der Waals surface area contributed by atoms with Gasteiger partial charge in [0.2, 0.25) is 5.95 Å². The molecule has 0 atom stereocenters. The van der Waals surface area contributed by atoms with Crippen LogP contribution in [0.3, 0.4) is 0 Å². The van der Waals surface area contributed by atoms with E-state index in [9.17, 15) is 0 Å². The molecule has 0 saturated heterocycles. The fourth-order valence-electron chi connectivity index (χ4n) is 3.30. The highest BCUT2D eigenvalue weighted by atomic mass is 16.5. The Bertz CT molecular complexity index is 1320. The molecule has 3 aromatic carbocycles. The smallest absolute Gasteiger partial charge is 0.226 e. The number of hydrogen-bond donors (Lipinski definition) is 2. The Hall–Kier alpha value is -4.19. The van der Waals surface area contributed by atoms with E-state index < -0.39 is 0 Å². The van der Waals surface area contributed by atoms with Crippen molar-refractivity contribution in [1.82, 2.24) is 20.2 Å². The van der Waals surface area contributed by atoms with Crippen LogP contribution in [0.4, 0.5) is 11.6 Å². The Kier molecular flexibility index (Phi) is 4.57. The van der Waals surface area contributed by atoms with E-state index in [1.54, 1.807) is 6.20 Å². The molecule has 6 nitrogen and oxygen atoms in total. The van der Waals surface area contributed by atoms with Crippen LogP contribution in [0.15, 0.2) is 85.1 Å². The third-order valence-corrected chi connectivity index (χ3v) is 4.71. The molecule has 0 amide bonds. The zero-order valence-electron chi connectivity index (χ0n) is 16.3. The van der Waals surface area contributed by atoms with Gasteiger partial charge >= 0.3 is 0 Å². The van der Waals surface area contributed by atoms with Crippen molar-refractivity contribution < 1.29 is 4.74 Å². The summed E-state index contributed by atoms with van der Waals surface area (Å²) in [6, 6.07) is 25.6. The number of aromatic amines is 1. The van der Waals surface area contributed by atoms with Crippen LogP contribution < -0.4 is 10.1 Å². The molecule has 0 unspecified atom stereocenters. The second-order valence-corrected chi connectivity index (χ2v) is 6.97. The molecule has 0 spiro atoms. The summed E-state index contributed by atoms with van der Waals surface area (Å²) in [5.41, 5.74) is 3.91. The molecule has 2 N–H and O–H groups in total. The minimum atomic E-state index is 0.585. The predicted molar refractivity (Wildman–Crippen MR) is 118 cm³/mol. The number of anilines is 2. The van der Waals surface area contributed by atoms with E-state index in [-0.39, 0.29) is 0 Å². The maximum atomic E-state index is 6.15. The van der Waals surface area contributed by atoms with Crippen molar-refractivity contribution in [3.63, 3.8) is 0 Å². The Morgan fingerprint density at radius 2 is 1.77 bits per heavy atom. The van der Waals surface area contributed by atoms with E-state index >= 15 is 0 Å². The van der Waals surface area contributed by atoms with Crippen molar-refractivity contribution in [2.45, 2.75) is 6.92 Å². The third kappa shape index (κ3) is 3.71. The maximum Gasteiger partial charge on any atom is 0.226 e. The fraction of sp³-hybridized carbons (Fsp3) is 0.0417. The zero-order valence-corrected chi connectivity index (χ0v) is 16.3. The molecular weight excluding hydrogens is 374 g/mol. The molecule has 0 aliphatic carbocycles. The molecule has 2 heterocycles. The summed E-state index contributed by atoms with van der Waals surface area (Å²) in [7, 11) is 0. The Morgan fingerprint density at radius 1 is 0.867 bits per heavy atom. The van der Waals surface area contributed by atoms with Crippen LogP contribution in [0.25, 0.3) is 22.3 Å². The lowest BCUT2D eigenvalue weighted by molar-refractivity contribution is 0.488. The van der Waals surface area contributed by atoms with Crippen LogP contribution in [0.2, 0.25) is 0 Å². The standard InChI is InChI=1S/C24H19N5O/c1-16-6-4-8-18(14-16)26-24-27-23(28-29-24)17-7-5-9-19(15-17)30-22-12-13-25-21-11-3-2-10-20(21)22/h2-15H,1H3,(H2,26,27,28,29). The number of H-pyrrole nitrogens is 1. The van der Waals surface area contributed by atoms with E-state index in [0.29, 0.717) is 17.5 Å². The van der Waals surface area contributed by atoms with Gasteiger partial charge in [-0.25, -0.2) is 0 Å². The number of fused-ring (bicyclic) bond motifs is 1. The lowest BCUT2D eigenvalue weighted by Gasteiger charge is -2.09. The van der Waals surface area contributed by atoms with Gasteiger partial charge in [0.25, 0.3) is 0 Å². The number of pyridine rings is 1. The Balaban J connectivity index is 1.39. The molecule has 30 heavy (non-hydrogen) atoms. The van der Waals surface area contributed by atoms with Gasteiger partial charge in [-0.05, 0) is 55.0 Å². The number of ether oxygens (including phenoxy) is 1. The fourth-order valence-corrected chi connectivity index (χ4v) is 3.30. The van der Waals surface area contributed by atoms with Crippen molar-refractivity contribution in [3.8, 4) is 22.9 Å². The monoisotopic (exact) mass is 393 g/mol. The first-order chi connectivity index (χ1) is 14.7. The van der Waals surface area contributed by atoms with Crippen LogP contribution in [0.1, 0.15) is 5.56 Å². The van der Waals surface area contributed by atoms with Crippen LogP contribution in [-0.4, -0.2) is 20.2 Å². The van der Waals surface area contributed by atoms with Gasteiger partial charge in [0, 0.05) is 22.8 Å². The largest absolute Gasteiger partial charge is 0.457 e. The second kappa shape index (κ2) is 7.67. The number of aromatic nitrogens is 4. The lowest BCUT2D eigenvalue weighted by atomic mass is 10.2. The van der Waals surface area contributed by atoms with Crippen molar-refractivity contribution in [1.29, 1.82) is 0 Å². The second-order valence-electron chi connectivity index (χ2n) is 6.97. The highest BCUT2D eigenvalue weighted by molar-refractivity contribution is 5.85. The van der Waals surface area contributed by atoms with Crippen molar-refractivity contribution in [3.05, 3.63) is 90.6 Å². The molecule has 146 valence electrons. The molecule has 0 aliphatic heterocycles. The van der Waals surface area contributed by atoms with Crippen LogP contribution in [0.5, 0.6) is 11.5 Å². The first kappa shape index (κ1) is 17.9. The zero-order chi connectivity index (χ0) is 20.3. The van der Waals surface area contributed by atoms with Gasteiger partial charge in [0.1, 0.15) is 11.5 Å². The third-order valence-electron chi connectivity index (χ3n) is 4.71. The highest BCUT2D eigenvalue weighted by Crippen LogP contribution is 2.30. The summed E-state index contributed by atoms with van der Waals surface area (Å²) in [6.45, 7) is 2.05. The molecule has 0 saturated carbocycles.